The van der Waals surface area contributed by atoms with Crippen LogP contribution in [0.25, 0.3) is 0 Å². The highest BCUT2D eigenvalue weighted by atomic mass is 16.5. The van der Waals surface area contributed by atoms with E-state index in [9.17, 15) is 0 Å². The van der Waals surface area contributed by atoms with E-state index >= 15 is 0 Å². The number of nitrogens with zero attached hydrogens (tertiary/aromatic N) is 5. The molecule has 0 bridgehead atoms. The van der Waals surface area contributed by atoms with Gasteiger partial charge in [0.05, 0.1) is 19.8 Å². The molecule has 1 aliphatic rings. The number of nitrogens with one attached hydrogen (secondary N) is 2. The molecule has 3 rings (SSSR count). The molecule has 1 fully saturated rings. The number of ether oxygens (including phenoxy) is 1. The molecule has 9 nitrogen and oxygen atoms in total. The molecule has 1 aromatic carbocycles. The second-order valence-corrected chi connectivity index (χ2v) is 6.38. The van der Waals surface area contributed by atoms with Gasteiger partial charge in [0.1, 0.15) is 0 Å². The summed E-state index contributed by atoms with van der Waals surface area (Å²) in [6.45, 7) is 9.47. The largest absolute Gasteiger partial charge is 0.395 e. The highest BCUT2D eigenvalue weighted by Crippen LogP contribution is 2.22. The van der Waals surface area contributed by atoms with Crippen molar-refractivity contribution in [3.63, 3.8) is 0 Å². The Labute approximate surface area is 165 Å². The van der Waals surface area contributed by atoms with E-state index in [4.69, 9.17) is 9.84 Å². The first kappa shape index (κ1) is 20.1. The third-order valence-electron chi connectivity index (χ3n) is 4.56. The molecule has 152 valence electrons. The maximum atomic E-state index is 9.06. The van der Waals surface area contributed by atoms with Crippen molar-refractivity contribution in [2.45, 2.75) is 13.8 Å². The van der Waals surface area contributed by atoms with Crippen molar-refractivity contribution >= 4 is 29.2 Å². The smallest absolute Gasteiger partial charge is 0.233 e. The van der Waals surface area contributed by atoms with Gasteiger partial charge in [-0.2, -0.15) is 15.0 Å². The first-order valence-electron chi connectivity index (χ1n) is 9.79. The predicted molar refractivity (Wildman–Crippen MR) is 112 cm³/mol. The van der Waals surface area contributed by atoms with Crippen LogP contribution in [0, 0.1) is 0 Å². The zero-order valence-electron chi connectivity index (χ0n) is 16.6. The second-order valence-electron chi connectivity index (χ2n) is 6.38. The summed E-state index contributed by atoms with van der Waals surface area (Å²) in [5.41, 5.74) is 2.08. The van der Waals surface area contributed by atoms with Crippen LogP contribution >= 0.6 is 0 Å². The molecular weight excluding hydrogens is 358 g/mol. The maximum absolute atomic E-state index is 9.06. The van der Waals surface area contributed by atoms with E-state index in [0.717, 1.165) is 45.1 Å². The van der Waals surface area contributed by atoms with Crippen molar-refractivity contribution in [3.05, 3.63) is 24.3 Å². The van der Waals surface area contributed by atoms with E-state index in [1.165, 1.54) is 5.69 Å². The Morgan fingerprint density at radius 3 is 2.36 bits per heavy atom. The number of aliphatic hydroxyl groups is 1. The lowest BCUT2D eigenvalue weighted by Crippen LogP contribution is -2.36. The molecule has 0 radical (unpaired) electrons. The summed E-state index contributed by atoms with van der Waals surface area (Å²) in [4.78, 5) is 17.8. The van der Waals surface area contributed by atoms with Crippen LogP contribution in [0.4, 0.5) is 29.2 Å². The fraction of sp³-hybridized carbons (Fsp3) is 0.526. The molecule has 3 N–H and O–H groups in total. The van der Waals surface area contributed by atoms with Crippen LogP contribution in [0.1, 0.15) is 13.8 Å². The molecule has 28 heavy (non-hydrogen) atoms. The van der Waals surface area contributed by atoms with Crippen molar-refractivity contribution in [2.24, 2.45) is 0 Å². The van der Waals surface area contributed by atoms with Gasteiger partial charge in [-0.1, -0.05) is 0 Å². The van der Waals surface area contributed by atoms with Gasteiger partial charge in [-0.15, -0.1) is 0 Å². The molecule has 0 saturated carbocycles. The first-order valence-corrected chi connectivity index (χ1v) is 9.79. The highest BCUT2D eigenvalue weighted by molar-refractivity contribution is 5.60. The van der Waals surface area contributed by atoms with Gasteiger partial charge in [0.15, 0.2) is 0 Å². The standard InChI is InChI=1S/C19H29N7O2/c1-3-25(4-2)19-23-17(20-9-12-27)22-18(24-19)21-15-5-7-16(8-6-15)26-10-13-28-14-11-26/h5-8,27H,3-4,9-14H2,1-2H3,(H2,20,21,22,23,24). The Balaban J connectivity index is 1.76. The van der Waals surface area contributed by atoms with Crippen LogP contribution in [0.3, 0.4) is 0 Å². The van der Waals surface area contributed by atoms with Gasteiger partial charge in [0.2, 0.25) is 17.8 Å². The Morgan fingerprint density at radius 1 is 1.04 bits per heavy atom. The quantitative estimate of drug-likeness (QED) is 0.594. The van der Waals surface area contributed by atoms with Gasteiger partial charge >= 0.3 is 0 Å². The van der Waals surface area contributed by atoms with E-state index in [-0.39, 0.29) is 6.61 Å². The van der Waals surface area contributed by atoms with E-state index in [1.54, 1.807) is 0 Å². The van der Waals surface area contributed by atoms with Gasteiger partial charge in [-0.25, -0.2) is 0 Å². The molecule has 0 aliphatic carbocycles. The molecule has 1 aliphatic heterocycles. The van der Waals surface area contributed by atoms with Gasteiger partial charge in [-0.3, -0.25) is 0 Å². The fourth-order valence-corrected chi connectivity index (χ4v) is 3.02. The van der Waals surface area contributed by atoms with Crippen molar-refractivity contribution in [3.8, 4) is 0 Å². The number of hydrogen-bond donors (Lipinski definition) is 3. The molecule has 1 saturated heterocycles. The minimum Gasteiger partial charge on any atom is -0.395 e. The molecule has 0 unspecified atom stereocenters. The van der Waals surface area contributed by atoms with Gasteiger partial charge in [0, 0.05) is 44.1 Å². The monoisotopic (exact) mass is 387 g/mol. The summed E-state index contributed by atoms with van der Waals surface area (Å²) >= 11 is 0. The van der Waals surface area contributed by atoms with Crippen LogP contribution in [0.5, 0.6) is 0 Å². The van der Waals surface area contributed by atoms with Gasteiger partial charge < -0.3 is 30.3 Å². The predicted octanol–water partition coefficient (Wildman–Crippen LogP) is 1.70. The summed E-state index contributed by atoms with van der Waals surface area (Å²) in [5.74, 6) is 1.52. The topological polar surface area (TPSA) is 98.7 Å². The van der Waals surface area contributed by atoms with Gasteiger partial charge in [0.25, 0.3) is 0 Å². The lowest BCUT2D eigenvalue weighted by molar-refractivity contribution is 0.122. The van der Waals surface area contributed by atoms with Crippen molar-refractivity contribution in [1.29, 1.82) is 0 Å². The molecule has 9 heteroatoms. The number of benzene rings is 1. The summed E-state index contributed by atoms with van der Waals surface area (Å²) in [6, 6.07) is 8.22. The minimum absolute atomic E-state index is 0.0120. The van der Waals surface area contributed by atoms with Crippen LogP contribution in [-0.2, 0) is 4.74 Å². The Hall–Kier alpha value is -2.65. The Morgan fingerprint density at radius 2 is 1.71 bits per heavy atom. The van der Waals surface area contributed by atoms with E-state index < -0.39 is 0 Å². The highest BCUT2D eigenvalue weighted by Gasteiger charge is 2.13. The average Bonchev–Trinajstić information content (AvgIpc) is 2.74. The van der Waals surface area contributed by atoms with E-state index in [0.29, 0.717) is 24.4 Å². The molecule has 0 amide bonds. The number of rotatable bonds is 9. The number of aromatic nitrogens is 3. The molecular formula is C19H29N7O2. The van der Waals surface area contributed by atoms with Crippen LogP contribution in [0.2, 0.25) is 0 Å². The summed E-state index contributed by atoms with van der Waals surface area (Å²) in [7, 11) is 0. The Bertz CT molecular complexity index is 732. The first-order chi connectivity index (χ1) is 13.7. The van der Waals surface area contributed by atoms with E-state index in [1.807, 2.05) is 12.1 Å². The lowest BCUT2D eigenvalue weighted by atomic mass is 10.2. The van der Waals surface area contributed by atoms with Crippen LogP contribution in [0.15, 0.2) is 24.3 Å². The third kappa shape index (κ3) is 5.20. The normalized spacial score (nSPS) is 14.0. The van der Waals surface area contributed by atoms with E-state index in [2.05, 4.69) is 61.4 Å². The number of morpholine rings is 1. The number of anilines is 5. The lowest BCUT2D eigenvalue weighted by Gasteiger charge is -2.28. The van der Waals surface area contributed by atoms with Crippen LogP contribution in [-0.4, -0.2) is 72.6 Å². The molecule has 0 atom stereocenters. The summed E-state index contributed by atoms with van der Waals surface area (Å²) < 4.78 is 5.41. The zero-order valence-corrected chi connectivity index (χ0v) is 16.6. The molecule has 0 spiro atoms. The van der Waals surface area contributed by atoms with Crippen molar-refractivity contribution < 1.29 is 9.84 Å². The Kier molecular flexibility index (Phi) is 7.21. The molecule has 2 aromatic rings. The van der Waals surface area contributed by atoms with Crippen molar-refractivity contribution in [2.75, 3.05) is 73.0 Å². The van der Waals surface area contributed by atoms with Crippen LogP contribution < -0.4 is 20.4 Å². The maximum Gasteiger partial charge on any atom is 0.233 e. The zero-order chi connectivity index (χ0) is 19.8. The van der Waals surface area contributed by atoms with Gasteiger partial charge in [-0.05, 0) is 38.1 Å². The van der Waals surface area contributed by atoms with Crippen molar-refractivity contribution in [1.82, 2.24) is 15.0 Å². The SMILES string of the molecule is CCN(CC)c1nc(NCCO)nc(Nc2ccc(N3CCOCC3)cc2)n1. The average molecular weight is 387 g/mol. The summed E-state index contributed by atoms with van der Waals surface area (Å²) in [6.07, 6.45) is 0. The summed E-state index contributed by atoms with van der Waals surface area (Å²) in [5, 5.41) is 15.3. The number of hydrogen-bond acceptors (Lipinski definition) is 9. The number of aliphatic hydroxyl groups excluding tert-OH is 1. The fourth-order valence-electron chi connectivity index (χ4n) is 3.02. The minimum atomic E-state index is 0.0120. The third-order valence-corrected chi connectivity index (χ3v) is 4.56. The molecule has 2 heterocycles. The second kappa shape index (κ2) is 10.0. The molecule has 1 aromatic heterocycles.